The number of hydrogen-bond acceptors (Lipinski definition) is 3. The van der Waals surface area contributed by atoms with E-state index in [-0.39, 0.29) is 0 Å². The van der Waals surface area contributed by atoms with Crippen LogP contribution in [-0.2, 0) is 6.42 Å². The molecule has 1 aliphatic rings. The van der Waals surface area contributed by atoms with Crippen molar-refractivity contribution in [2.24, 2.45) is 11.8 Å². The predicted molar refractivity (Wildman–Crippen MR) is 130 cm³/mol. The summed E-state index contributed by atoms with van der Waals surface area (Å²) in [5.41, 5.74) is 2.30. The minimum atomic E-state index is 0.789. The van der Waals surface area contributed by atoms with Gasteiger partial charge in [-0.2, -0.15) is 0 Å². The first-order chi connectivity index (χ1) is 15.3. The summed E-state index contributed by atoms with van der Waals surface area (Å²) in [5.74, 6) is 3.54. The van der Waals surface area contributed by atoms with E-state index in [1.165, 1.54) is 89.0 Å². The maximum absolute atomic E-state index is 5.22. The van der Waals surface area contributed by atoms with Crippen LogP contribution in [-0.4, -0.2) is 17.1 Å². The van der Waals surface area contributed by atoms with Crippen LogP contribution in [0.5, 0.6) is 5.75 Å². The van der Waals surface area contributed by atoms with Gasteiger partial charge in [-0.1, -0.05) is 84.0 Å². The minimum Gasteiger partial charge on any atom is -0.497 e. The molecule has 31 heavy (non-hydrogen) atoms. The molecule has 0 unspecified atom stereocenters. The van der Waals surface area contributed by atoms with Gasteiger partial charge in [-0.05, 0) is 54.5 Å². The van der Waals surface area contributed by atoms with E-state index in [0.717, 1.165) is 35.4 Å². The first-order valence-electron chi connectivity index (χ1n) is 12.7. The van der Waals surface area contributed by atoms with Gasteiger partial charge in [0.2, 0.25) is 0 Å². The Hall–Kier alpha value is -1.90. The van der Waals surface area contributed by atoms with Gasteiger partial charge in [0.05, 0.1) is 7.11 Å². The van der Waals surface area contributed by atoms with Crippen LogP contribution in [0.2, 0.25) is 0 Å². The Morgan fingerprint density at radius 1 is 0.774 bits per heavy atom. The number of benzene rings is 1. The zero-order valence-electron chi connectivity index (χ0n) is 19.8. The highest BCUT2D eigenvalue weighted by Gasteiger charge is 2.20. The van der Waals surface area contributed by atoms with E-state index in [1.807, 2.05) is 36.7 Å². The summed E-state index contributed by atoms with van der Waals surface area (Å²) in [6.07, 6.45) is 23.7. The van der Waals surface area contributed by atoms with Crippen LogP contribution in [0.15, 0.2) is 36.7 Å². The third-order valence-electron chi connectivity index (χ3n) is 7.08. The minimum absolute atomic E-state index is 0.789. The zero-order valence-corrected chi connectivity index (χ0v) is 19.8. The molecule has 2 aromatic rings. The number of unbranched alkanes of at least 4 members (excludes halogenated alkanes) is 6. The number of aromatic nitrogens is 2. The van der Waals surface area contributed by atoms with Gasteiger partial charge in [0.1, 0.15) is 5.75 Å². The maximum Gasteiger partial charge on any atom is 0.159 e. The molecule has 0 radical (unpaired) electrons. The Labute approximate surface area is 190 Å². The second-order valence-corrected chi connectivity index (χ2v) is 9.48. The van der Waals surface area contributed by atoms with E-state index in [9.17, 15) is 0 Å². The fourth-order valence-electron chi connectivity index (χ4n) is 4.94. The second-order valence-electron chi connectivity index (χ2n) is 9.48. The summed E-state index contributed by atoms with van der Waals surface area (Å²) in [4.78, 5) is 9.19. The number of hydrogen-bond donors (Lipinski definition) is 0. The molecule has 0 spiro atoms. The van der Waals surface area contributed by atoms with Crippen LogP contribution in [0.1, 0.15) is 96.0 Å². The molecule has 170 valence electrons. The fourth-order valence-corrected chi connectivity index (χ4v) is 4.94. The van der Waals surface area contributed by atoms with E-state index in [2.05, 4.69) is 16.9 Å². The third-order valence-corrected chi connectivity index (χ3v) is 7.08. The van der Waals surface area contributed by atoms with Crippen LogP contribution in [0.3, 0.4) is 0 Å². The molecule has 3 heteroatoms. The van der Waals surface area contributed by atoms with E-state index in [0.29, 0.717) is 0 Å². The van der Waals surface area contributed by atoms with Gasteiger partial charge in [0.25, 0.3) is 0 Å². The van der Waals surface area contributed by atoms with Gasteiger partial charge in [-0.15, -0.1) is 0 Å². The van der Waals surface area contributed by atoms with Crippen molar-refractivity contribution in [1.29, 1.82) is 0 Å². The molecule has 0 amide bonds. The van der Waals surface area contributed by atoms with Crippen LogP contribution >= 0.6 is 0 Å². The Bertz CT molecular complexity index is 718. The molecule has 3 nitrogen and oxygen atoms in total. The van der Waals surface area contributed by atoms with Crippen molar-refractivity contribution in [2.75, 3.05) is 7.11 Å². The molecule has 1 saturated carbocycles. The van der Waals surface area contributed by atoms with E-state index >= 15 is 0 Å². The van der Waals surface area contributed by atoms with Gasteiger partial charge in [0, 0.05) is 18.0 Å². The normalized spacial score (nSPS) is 18.8. The third kappa shape index (κ3) is 8.27. The fraction of sp³-hybridized carbons (Fsp3) is 0.643. The molecule has 0 atom stereocenters. The van der Waals surface area contributed by atoms with Gasteiger partial charge in [-0.25, -0.2) is 9.97 Å². The standard InChI is InChI=1S/C28H42N2O/c1-3-4-5-6-7-8-9-10-23-11-13-24(14-12-23)15-16-25-21-29-28(30-22-25)26-17-19-27(31-2)20-18-26/h17-24H,3-16H2,1-2H3. The Morgan fingerprint density at radius 3 is 1.97 bits per heavy atom. The van der Waals surface area contributed by atoms with Gasteiger partial charge >= 0.3 is 0 Å². The molecular weight excluding hydrogens is 380 g/mol. The summed E-state index contributed by atoms with van der Waals surface area (Å²) in [6, 6.07) is 7.94. The van der Waals surface area contributed by atoms with E-state index in [4.69, 9.17) is 4.74 Å². The molecule has 0 aliphatic heterocycles. The molecule has 1 aliphatic carbocycles. The van der Waals surface area contributed by atoms with Crippen molar-refractivity contribution in [1.82, 2.24) is 9.97 Å². The molecule has 1 heterocycles. The highest BCUT2D eigenvalue weighted by molar-refractivity contribution is 5.55. The molecule has 1 aromatic heterocycles. The van der Waals surface area contributed by atoms with Crippen LogP contribution in [0, 0.1) is 11.8 Å². The smallest absolute Gasteiger partial charge is 0.159 e. The first-order valence-corrected chi connectivity index (χ1v) is 12.7. The molecule has 0 N–H and O–H groups in total. The summed E-state index contributed by atoms with van der Waals surface area (Å²) in [5, 5.41) is 0. The first kappa shape index (κ1) is 23.8. The molecular formula is C28H42N2O. The van der Waals surface area contributed by atoms with Gasteiger partial charge < -0.3 is 4.74 Å². The molecule has 3 rings (SSSR count). The lowest BCUT2D eigenvalue weighted by molar-refractivity contribution is 0.248. The van der Waals surface area contributed by atoms with Gasteiger partial charge in [-0.3, -0.25) is 0 Å². The summed E-state index contributed by atoms with van der Waals surface area (Å²) < 4.78 is 5.22. The number of rotatable bonds is 13. The van der Waals surface area contributed by atoms with Crippen LogP contribution in [0.25, 0.3) is 11.4 Å². The number of ether oxygens (including phenoxy) is 1. The SMILES string of the molecule is CCCCCCCCCC1CCC(CCc2cnc(-c3ccc(OC)cc3)nc2)CC1. The summed E-state index contributed by atoms with van der Waals surface area (Å²) in [7, 11) is 1.68. The molecule has 1 aromatic carbocycles. The largest absolute Gasteiger partial charge is 0.497 e. The van der Waals surface area contributed by atoms with Crippen molar-refractivity contribution in [3.05, 3.63) is 42.2 Å². The van der Waals surface area contributed by atoms with Crippen molar-refractivity contribution < 1.29 is 4.74 Å². The van der Waals surface area contributed by atoms with Crippen LogP contribution < -0.4 is 4.74 Å². The Kier molecular flexibility index (Phi) is 10.3. The molecule has 1 fully saturated rings. The summed E-state index contributed by atoms with van der Waals surface area (Å²) in [6.45, 7) is 2.30. The Morgan fingerprint density at radius 2 is 1.35 bits per heavy atom. The monoisotopic (exact) mass is 422 g/mol. The van der Waals surface area contributed by atoms with Gasteiger partial charge in [0.15, 0.2) is 5.82 Å². The van der Waals surface area contributed by atoms with E-state index in [1.54, 1.807) is 7.11 Å². The number of aryl methyl sites for hydroxylation is 1. The van der Waals surface area contributed by atoms with Crippen molar-refractivity contribution >= 4 is 0 Å². The number of methoxy groups -OCH3 is 1. The lowest BCUT2D eigenvalue weighted by atomic mass is 9.78. The maximum atomic E-state index is 5.22. The average molecular weight is 423 g/mol. The highest BCUT2D eigenvalue weighted by Crippen LogP contribution is 2.34. The van der Waals surface area contributed by atoms with Crippen molar-refractivity contribution in [3.8, 4) is 17.1 Å². The van der Waals surface area contributed by atoms with E-state index < -0.39 is 0 Å². The molecule has 0 bridgehead atoms. The lowest BCUT2D eigenvalue weighted by Crippen LogP contribution is -2.15. The van der Waals surface area contributed by atoms with Crippen molar-refractivity contribution in [2.45, 2.75) is 96.8 Å². The topological polar surface area (TPSA) is 35.0 Å². The zero-order chi connectivity index (χ0) is 21.7. The average Bonchev–Trinajstić information content (AvgIpc) is 2.83. The Balaban J connectivity index is 1.30. The summed E-state index contributed by atoms with van der Waals surface area (Å²) >= 11 is 0. The highest BCUT2D eigenvalue weighted by atomic mass is 16.5. The predicted octanol–water partition coefficient (Wildman–Crippen LogP) is 8.03. The second kappa shape index (κ2) is 13.5. The molecule has 0 saturated heterocycles. The quantitative estimate of drug-likeness (QED) is 0.306. The lowest BCUT2D eigenvalue weighted by Gasteiger charge is -2.28. The van der Waals surface area contributed by atoms with Crippen LogP contribution in [0.4, 0.5) is 0 Å². The number of nitrogens with zero attached hydrogens (tertiary/aromatic N) is 2. The van der Waals surface area contributed by atoms with Crippen molar-refractivity contribution in [3.63, 3.8) is 0 Å².